The lowest BCUT2D eigenvalue weighted by atomic mass is 9.93. The van der Waals surface area contributed by atoms with E-state index in [1.807, 2.05) is 19.0 Å². The van der Waals surface area contributed by atoms with E-state index in [4.69, 9.17) is 5.11 Å². The fourth-order valence-electron chi connectivity index (χ4n) is 2.39. The summed E-state index contributed by atoms with van der Waals surface area (Å²) in [6, 6.07) is 0. The molecule has 84 valence electrons. The van der Waals surface area contributed by atoms with Crippen LogP contribution in [0.4, 0.5) is 0 Å². The zero-order valence-electron chi connectivity index (χ0n) is 9.06. The van der Waals surface area contributed by atoms with E-state index in [2.05, 4.69) is 0 Å². The molecule has 0 aromatic rings. The molecular formula is C10H16N2O3. The van der Waals surface area contributed by atoms with E-state index < -0.39 is 5.97 Å². The third kappa shape index (κ3) is 1.61. The fourth-order valence-corrected chi connectivity index (χ4v) is 2.39. The van der Waals surface area contributed by atoms with Crippen molar-refractivity contribution in [2.24, 2.45) is 5.92 Å². The number of amides is 1. The first-order valence-corrected chi connectivity index (χ1v) is 5.21. The van der Waals surface area contributed by atoms with Crippen molar-refractivity contribution < 1.29 is 14.7 Å². The highest BCUT2D eigenvalue weighted by Crippen LogP contribution is 2.47. The molecule has 5 nitrogen and oxygen atoms in total. The number of rotatable bonds is 3. The average molecular weight is 212 g/mol. The summed E-state index contributed by atoms with van der Waals surface area (Å²) >= 11 is 0. The van der Waals surface area contributed by atoms with Crippen LogP contribution in [0.2, 0.25) is 0 Å². The van der Waals surface area contributed by atoms with E-state index in [0.29, 0.717) is 12.3 Å². The molecule has 15 heavy (non-hydrogen) atoms. The van der Waals surface area contributed by atoms with Gasteiger partial charge in [0, 0.05) is 19.0 Å². The smallest absolute Gasteiger partial charge is 0.324 e. The van der Waals surface area contributed by atoms with E-state index in [9.17, 15) is 9.59 Å². The summed E-state index contributed by atoms with van der Waals surface area (Å²) in [5, 5.41) is 11.9. The van der Waals surface area contributed by atoms with E-state index in [-0.39, 0.29) is 18.0 Å². The normalized spacial score (nSPS) is 32.4. The Morgan fingerprint density at radius 2 is 2.20 bits per heavy atom. The lowest BCUT2D eigenvalue weighted by molar-refractivity contribution is -0.152. The molecule has 1 N–H and O–H groups in total. The van der Waals surface area contributed by atoms with Gasteiger partial charge in [0.1, 0.15) is 6.54 Å². The van der Waals surface area contributed by atoms with Crippen LogP contribution in [-0.4, -0.2) is 46.1 Å². The first kappa shape index (κ1) is 10.4. The minimum absolute atomic E-state index is 0.0747. The van der Waals surface area contributed by atoms with Crippen molar-refractivity contribution in [2.75, 3.05) is 13.6 Å². The van der Waals surface area contributed by atoms with Gasteiger partial charge in [-0.25, -0.2) is 5.01 Å². The maximum Gasteiger partial charge on any atom is 0.324 e. The molecule has 0 radical (unpaired) electrons. The van der Waals surface area contributed by atoms with Crippen LogP contribution in [0, 0.1) is 5.92 Å². The highest BCUT2D eigenvalue weighted by molar-refractivity contribution is 5.83. The molecule has 2 rings (SSSR count). The molecule has 0 aromatic heterocycles. The zero-order valence-corrected chi connectivity index (χ0v) is 9.06. The van der Waals surface area contributed by atoms with Crippen molar-refractivity contribution in [3.63, 3.8) is 0 Å². The summed E-state index contributed by atoms with van der Waals surface area (Å²) in [5.41, 5.74) is -0.160. The van der Waals surface area contributed by atoms with Gasteiger partial charge in [-0.2, -0.15) is 0 Å². The van der Waals surface area contributed by atoms with Gasteiger partial charge in [-0.3, -0.25) is 14.6 Å². The van der Waals surface area contributed by atoms with E-state index in [1.54, 1.807) is 0 Å². The first-order chi connectivity index (χ1) is 6.95. The van der Waals surface area contributed by atoms with Crippen LogP contribution >= 0.6 is 0 Å². The molecule has 1 saturated heterocycles. The van der Waals surface area contributed by atoms with Gasteiger partial charge in [-0.05, 0) is 25.7 Å². The maximum atomic E-state index is 11.7. The third-order valence-electron chi connectivity index (χ3n) is 3.64. The van der Waals surface area contributed by atoms with Gasteiger partial charge in [0.05, 0.1) is 0 Å². The largest absolute Gasteiger partial charge is 0.480 e. The van der Waals surface area contributed by atoms with Gasteiger partial charge < -0.3 is 5.11 Å². The van der Waals surface area contributed by atoms with Gasteiger partial charge in [0.25, 0.3) is 0 Å². The number of hydrazine groups is 1. The van der Waals surface area contributed by atoms with Crippen LogP contribution in [0.3, 0.4) is 0 Å². The second kappa shape index (κ2) is 3.20. The minimum Gasteiger partial charge on any atom is -0.480 e. The van der Waals surface area contributed by atoms with Gasteiger partial charge in [0.15, 0.2) is 0 Å². The molecule has 0 aromatic carbocycles. The SMILES string of the molecule is CN1N(CC(=O)O)C(=O)CC1(C)C1CC1. The molecule has 2 aliphatic rings. The van der Waals surface area contributed by atoms with Gasteiger partial charge in [0.2, 0.25) is 5.91 Å². The number of carboxylic acids is 1. The molecule has 1 aliphatic carbocycles. The Morgan fingerprint density at radius 3 is 2.67 bits per heavy atom. The van der Waals surface area contributed by atoms with Crippen LogP contribution in [-0.2, 0) is 9.59 Å². The molecule has 5 heteroatoms. The summed E-state index contributed by atoms with van der Waals surface area (Å²) in [6.07, 6.45) is 2.74. The first-order valence-electron chi connectivity index (χ1n) is 5.21. The Morgan fingerprint density at radius 1 is 1.60 bits per heavy atom. The number of carbonyl (C=O) groups excluding carboxylic acids is 1. The number of hydrogen-bond donors (Lipinski definition) is 1. The molecule has 0 spiro atoms. The lowest BCUT2D eigenvalue weighted by Crippen LogP contribution is -2.48. The standard InChI is InChI=1S/C10H16N2O3/c1-10(7-3-4-7)5-8(13)12(11(10)2)6-9(14)15/h7H,3-6H2,1-2H3,(H,14,15). The predicted octanol–water partition coefficient (Wildman–Crippen LogP) is 0.319. The zero-order chi connectivity index (χ0) is 11.2. The fraction of sp³-hybridized carbons (Fsp3) is 0.800. The second-order valence-corrected chi connectivity index (χ2v) is 4.68. The second-order valence-electron chi connectivity index (χ2n) is 4.68. The Labute approximate surface area is 88.6 Å². The van der Waals surface area contributed by atoms with Crippen molar-refractivity contribution in [1.82, 2.24) is 10.0 Å². The molecule has 1 aliphatic heterocycles. The van der Waals surface area contributed by atoms with Crippen LogP contribution in [0.15, 0.2) is 0 Å². The summed E-state index contributed by atoms with van der Waals surface area (Å²) in [7, 11) is 1.81. The third-order valence-corrected chi connectivity index (χ3v) is 3.64. The van der Waals surface area contributed by atoms with Gasteiger partial charge >= 0.3 is 5.97 Å². The highest BCUT2D eigenvalue weighted by Gasteiger charge is 2.53. The summed E-state index contributed by atoms with van der Waals surface area (Å²) in [6.45, 7) is 1.82. The molecular weight excluding hydrogens is 196 g/mol. The molecule has 1 amide bonds. The number of hydrogen-bond acceptors (Lipinski definition) is 3. The van der Waals surface area contributed by atoms with Gasteiger partial charge in [-0.15, -0.1) is 0 Å². The van der Waals surface area contributed by atoms with Crippen molar-refractivity contribution in [1.29, 1.82) is 0 Å². The predicted molar refractivity (Wildman–Crippen MR) is 52.9 cm³/mol. The minimum atomic E-state index is -0.963. The van der Waals surface area contributed by atoms with Crippen LogP contribution in [0.1, 0.15) is 26.2 Å². The summed E-state index contributed by atoms with van der Waals surface area (Å²) < 4.78 is 0. The summed E-state index contributed by atoms with van der Waals surface area (Å²) in [4.78, 5) is 22.3. The molecule has 2 fully saturated rings. The van der Waals surface area contributed by atoms with E-state index >= 15 is 0 Å². The molecule has 1 atom stereocenters. The van der Waals surface area contributed by atoms with Crippen molar-refractivity contribution >= 4 is 11.9 Å². The summed E-state index contributed by atoms with van der Waals surface area (Å²) in [5.74, 6) is -0.491. The van der Waals surface area contributed by atoms with Crippen LogP contribution < -0.4 is 0 Å². The van der Waals surface area contributed by atoms with E-state index in [0.717, 1.165) is 12.8 Å². The van der Waals surface area contributed by atoms with Crippen molar-refractivity contribution in [3.8, 4) is 0 Å². The molecule has 1 saturated carbocycles. The Balaban J connectivity index is 2.14. The Hall–Kier alpha value is -1.10. The Kier molecular flexibility index (Phi) is 2.22. The number of nitrogens with zero attached hydrogens (tertiary/aromatic N) is 2. The number of carboxylic acid groups (broad SMARTS) is 1. The molecule has 1 heterocycles. The topological polar surface area (TPSA) is 60.9 Å². The number of carbonyl (C=O) groups is 2. The number of aliphatic carboxylic acids is 1. The molecule has 1 unspecified atom stereocenters. The van der Waals surface area contributed by atoms with Gasteiger partial charge in [-0.1, -0.05) is 0 Å². The lowest BCUT2D eigenvalue weighted by Gasteiger charge is -2.35. The maximum absolute atomic E-state index is 11.7. The van der Waals surface area contributed by atoms with Crippen LogP contribution in [0.5, 0.6) is 0 Å². The van der Waals surface area contributed by atoms with E-state index in [1.165, 1.54) is 5.01 Å². The Bertz CT molecular complexity index is 314. The average Bonchev–Trinajstić information content (AvgIpc) is 2.92. The van der Waals surface area contributed by atoms with Crippen LogP contribution in [0.25, 0.3) is 0 Å². The van der Waals surface area contributed by atoms with Crippen molar-refractivity contribution in [3.05, 3.63) is 0 Å². The monoisotopic (exact) mass is 212 g/mol. The van der Waals surface area contributed by atoms with Crippen molar-refractivity contribution in [2.45, 2.75) is 31.7 Å². The quantitative estimate of drug-likeness (QED) is 0.731. The highest BCUT2D eigenvalue weighted by atomic mass is 16.4. The molecule has 0 bridgehead atoms.